The number of rotatable bonds is 8. The Morgan fingerprint density at radius 2 is 2.04 bits per heavy atom. The molecule has 130 valence electrons. The van der Waals surface area contributed by atoms with E-state index in [2.05, 4.69) is 28.6 Å². The van der Waals surface area contributed by atoms with Gasteiger partial charge in [-0.25, -0.2) is 0 Å². The molecule has 1 aromatic carbocycles. The highest BCUT2D eigenvalue weighted by Crippen LogP contribution is 2.45. The number of aliphatic hydroxyl groups is 1. The van der Waals surface area contributed by atoms with E-state index in [1.54, 1.807) is 7.11 Å². The number of aliphatic imine (C=N–C) groups is 1. The number of methoxy groups -OCH3 is 1. The maximum Gasteiger partial charge on any atom is 0.191 e. The summed E-state index contributed by atoms with van der Waals surface area (Å²) in [5.74, 6) is 1.74. The fourth-order valence-corrected chi connectivity index (χ4v) is 2.36. The van der Waals surface area contributed by atoms with Crippen LogP contribution in [0.25, 0.3) is 0 Å². The predicted octanol–water partition coefficient (Wildman–Crippen LogP) is 2.18. The van der Waals surface area contributed by atoms with Crippen LogP contribution >= 0.6 is 24.0 Å². The molecule has 2 rings (SSSR count). The summed E-state index contributed by atoms with van der Waals surface area (Å²) in [7, 11) is 1.70. The van der Waals surface area contributed by atoms with Crippen LogP contribution in [0, 0.1) is 5.41 Å². The Labute approximate surface area is 155 Å². The second-order valence-electron chi connectivity index (χ2n) is 5.84. The van der Waals surface area contributed by atoms with E-state index in [0.29, 0.717) is 6.54 Å². The molecule has 6 heteroatoms. The maximum absolute atomic E-state index is 9.36. The molecule has 0 aromatic heterocycles. The van der Waals surface area contributed by atoms with E-state index in [0.717, 1.165) is 44.1 Å². The van der Waals surface area contributed by atoms with Crippen LogP contribution in [-0.4, -0.2) is 44.4 Å². The standard InChI is InChI=1S/C17H27N3O2.HI/c1-3-18-16(20-12-17(13-21)9-10-17)19-11-8-14-6-4-5-7-15(14)22-2;/h4-7,21H,3,8-13H2,1-2H3,(H2,18,19,20);1H. The van der Waals surface area contributed by atoms with Crippen molar-refractivity contribution in [2.24, 2.45) is 10.4 Å². The van der Waals surface area contributed by atoms with Crippen LogP contribution in [0.1, 0.15) is 25.3 Å². The molecular weight excluding hydrogens is 405 g/mol. The summed E-state index contributed by atoms with van der Waals surface area (Å²) < 4.78 is 5.36. The van der Waals surface area contributed by atoms with Gasteiger partial charge in [0.1, 0.15) is 5.75 Å². The van der Waals surface area contributed by atoms with Gasteiger partial charge in [0.25, 0.3) is 0 Å². The summed E-state index contributed by atoms with van der Waals surface area (Å²) in [6, 6.07) is 8.06. The van der Waals surface area contributed by atoms with Crippen LogP contribution in [0.4, 0.5) is 0 Å². The van der Waals surface area contributed by atoms with Gasteiger partial charge in [0.15, 0.2) is 5.96 Å². The third kappa shape index (κ3) is 6.18. The minimum Gasteiger partial charge on any atom is -0.496 e. The second kappa shape index (κ2) is 9.97. The number of para-hydroxylation sites is 1. The zero-order chi connectivity index (χ0) is 15.8. The topological polar surface area (TPSA) is 65.9 Å². The SMILES string of the molecule is CCNC(=NCC1(CO)CC1)NCCc1ccccc1OC.I. The molecule has 0 atom stereocenters. The Kier molecular flexibility index (Phi) is 8.68. The highest BCUT2D eigenvalue weighted by molar-refractivity contribution is 14.0. The summed E-state index contributed by atoms with van der Waals surface area (Å²) in [6.07, 6.45) is 3.03. The Morgan fingerprint density at radius 3 is 2.65 bits per heavy atom. The Morgan fingerprint density at radius 1 is 1.30 bits per heavy atom. The highest BCUT2D eigenvalue weighted by Gasteiger charge is 2.41. The third-order valence-electron chi connectivity index (χ3n) is 4.09. The minimum atomic E-state index is 0. The molecule has 3 N–H and O–H groups in total. The molecule has 5 nitrogen and oxygen atoms in total. The number of aliphatic hydroxyl groups excluding tert-OH is 1. The molecule has 0 spiro atoms. The van der Waals surface area contributed by atoms with E-state index in [-0.39, 0.29) is 36.0 Å². The van der Waals surface area contributed by atoms with Gasteiger partial charge >= 0.3 is 0 Å². The molecule has 0 radical (unpaired) electrons. The van der Waals surface area contributed by atoms with Crippen LogP contribution in [0.15, 0.2) is 29.3 Å². The van der Waals surface area contributed by atoms with Crippen molar-refractivity contribution >= 4 is 29.9 Å². The maximum atomic E-state index is 9.36. The monoisotopic (exact) mass is 433 g/mol. The number of nitrogens with one attached hydrogen (secondary N) is 2. The van der Waals surface area contributed by atoms with Crippen molar-refractivity contribution in [3.63, 3.8) is 0 Å². The molecule has 0 heterocycles. The van der Waals surface area contributed by atoms with Crippen molar-refractivity contribution in [1.82, 2.24) is 10.6 Å². The number of guanidine groups is 1. The van der Waals surface area contributed by atoms with Crippen LogP contribution < -0.4 is 15.4 Å². The van der Waals surface area contributed by atoms with Gasteiger partial charge in [-0.3, -0.25) is 4.99 Å². The third-order valence-corrected chi connectivity index (χ3v) is 4.09. The number of ether oxygens (including phenoxy) is 1. The molecule has 1 aromatic rings. The molecule has 0 aliphatic heterocycles. The number of benzene rings is 1. The van der Waals surface area contributed by atoms with Crippen LogP contribution in [0.2, 0.25) is 0 Å². The normalized spacial score (nSPS) is 15.5. The van der Waals surface area contributed by atoms with Gasteiger partial charge in [-0.2, -0.15) is 0 Å². The lowest BCUT2D eigenvalue weighted by atomic mass is 10.1. The van der Waals surface area contributed by atoms with Crippen molar-refractivity contribution in [3.8, 4) is 5.75 Å². The van der Waals surface area contributed by atoms with Gasteiger partial charge in [0, 0.05) is 18.5 Å². The largest absolute Gasteiger partial charge is 0.496 e. The first-order valence-corrected chi connectivity index (χ1v) is 7.98. The fraction of sp³-hybridized carbons (Fsp3) is 0.588. The first-order valence-electron chi connectivity index (χ1n) is 7.98. The smallest absolute Gasteiger partial charge is 0.191 e. The summed E-state index contributed by atoms with van der Waals surface area (Å²) in [4.78, 5) is 4.60. The molecule has 23 heavy (non-hydrogen) atoms. The predicted molar refractivity (Wildman–Crippen MR) is 105 cm³/mol. The van der Waals surface area contributed by atoms with Gasteiger partial charge in [-0.15, -0.1) is 24.0 Å². The van der Waals surface area contributed by atoms with Crippen molar-refractivity contribution in [1.29, 1.82) is 0 Å². The zero-order valence-corrected chi connectivity index (χ0v) is 16.3. The average Bonchev–Trinajstić information content (AvgIpc) is 3.33. The molecule has 1 aliphatic rings. The van der Waals surface area contributed by atoms with Crippen LogP contribution in [0.5, 0.6) is 5.75 Å². The van der Waals surface area contributed by atoms with Gasteiger partial charge in [-0.1, -0.05) is 18.2 Å². The van der Waals surface area contributed by atoms with Crippen molar-refractivity contribution < 1.29 is 9.84 Å². The average molecular weight is 433 g/mol. The highest BCUT2D eigenvalue weighted by atomic mass is 127. The van der Waals surface area contributed by atoms with Crippen LogP contribution in [-0.2, 0) is 6.42 Å². The summed E-state index contributed by atoms with van der Waals surface area (Å²) in [6.45, 7) is 4.59. The number of halogens is 1. The quantitative estimate of drug-likeness (QED) is 0.334. The van der Waals surface area contributed by atoms with Gasteiger partial charge < -0.3 is 20.5 Å². The van der Waals surface area contributed by atoms with E-state index < -0.39 is 0 Å². The second-order valence-corrected chi connectivity index (χ2v) is 5.84. The van der Waals surface area contributed by atoms with E-state index in [4.69, 9.17) is 4.74 Å². The lowest BCUT2D eigenvalue weighted by Gasteiger charge is -2.14. The first-order chi connectivity index (χ1) is 10.7. The molecule has 1 saturated carbocycles. The van der Waals surface area contributed by atoms with Gasteiger partial charge in [0.05, 0.1) is 20.3 Å². The van der Waals surface area contributed by atoms with Crippen molar-refractivity contribution in [2.75, 3.05) is 33.4 Å². The molecule has 1 aliphatic carbocycles. The summed E-state index contributed by atoms with van der Waals surface area (Å²) >= 11 is 0. The lowest BCUT2D eigenvalue weighted by Crippen LogP contribution is -2.39. The molecule has 0 saturated heterocycles. The Hall–Kier alpha value is -1.02. The molecular formula is C17H28IN3O2. The number of nitrogens with zero attached hydrogens (tertiary/aromatic N) is 1. The first kappa shape index (κ1) is 20.0. The summed E-state index contributed by atoms with van der Waals surface area (Å²) in [5, 5.41) is 16.0. The van der Waals surface area contributed by atoms with E-state index in [1.165, 1.54) is 5.56 Å². The molecule has 0 bridgehead atoms. The van der Waals surface area contributed by atoms with E-state index in [9.17, 15) is 5.11 Å². The summed E-state index contributed by atoms with van der Waals surface area (Å²) in [5.41, 5.74) is 1.23. The van der Waals surface area contributed by atoms with Gasteiger partial charge in [0.2, 0.25) is 0 Å². The Bertz CT molecular complexity index is 504. The molecule has 0 unspecified atom stereocenters. The molecule has 0 amide bonds. The van der Waals surface area contributed by atoms with E-state index >= 15 is 0 Å². The van der Waals surface area contributed by atoms with Crippen molar-refractivity contribution in [3.05, 3.63) is 29.8 Å². The Balaban J connectivity index is 0.00000264. The molecule has 1 fully saturated rings. The van der Waals surface area contributed by atoms with Crippen LogP contribution in [0.3, 0.4) is 0 Å². The number of hydrogen-bond acceptors (Lipinski definition) is 3. The zero-order valence-electron chi connectivity index (χ0n) is 14.0. The minimum absolute atomic E-state index is 0. The fourth-order valence-electron chi connectivity index (χ4n) is 2.36. The van der Waals surface area contributed by atoms with Crippen molar-refractivity contribution in [2.45, 2.75) is 26.2 Å². The van der Waals surface area contributed by atoms with E-state index in [1.807, 2.05) is 18.2 Å². The lowest BCUT2D eigenvalue weighted by molar-refractivity contribution is 0.217. The van der Waals surface area contributed by atoms with Gasteiger partial charge in [-0.05, 0) is 37.8 Å². The number of hydrogen-bond donors (Lipinski definition) is 3.